The Kier molecular flexibility index (Phi) is 4.26. The molecular formula is C12H8Cl3NO2S. The molecule has 0 fully saturated rings. The maximum absolute atomic E-state index is 12.1. The second-order valence-corrected chi connectivity index (χ2v) is 6.62. The van der Waals surface area contributed by atoms with E-state index >= 15 is 0 Å². The molecule has 0 aliphatic carbocycles. The Labute approximate surface area is 126 Å². The molecule has 0 aromatic heterocycles. The van der Waals surface area contributed by atoms with Gasteiger partial charge in [0.2, 0.25) is 0 Å². The number of rotatable bonds is 3. The first kappa shape index (κ1) is 14.5. The van der Waals surface area contributed by atoms with E-state index in [1.807, 2.05) is 0 Å². The van der Waals surface area contributed by atoms with E-state index in [1.54, 1.807) is 24.3 Å². The minimum atomic E-state index is -3.70. The lowest BCUT2D eigenvalue weighted by molar-refractivity contribution is 0.601. The third-order valence-electron chi connectivity index (χ3n) is 2.30. The van der Waals surface area contributed by atoms with Crippen molar-refractivity contribution in [2.24, 2.45) is 0 Å². The van der Waals surface area contributed by atoms with Crippen LogP contribution in [0, 0.1) is 0 Å². The molecule has 0 amide bonds. The second kappa shape index (κ2) is 5.59. The summed E-state index contributed by atoms with van der Waals surface area (Å²) in [6, 6.07) is 10.4. The van der Waals surface area contributed by atoms with Crippen molar-refractivity contribution in [3.05, 3.63) is 57.5 Å². The van der Waals surface area contributed by atoms with Crippen molar-refractivity contribution in [2.75, 3.05) is 4.72 Å². The molecule has 0 aliphatic heterocycles. The zero-order valence-corrected chi connectivity index (χ0v) is 12.5. The van der Waals surface area contributed by atoms with Crippen molar-refractivity contribution < 1.29 is 8.42 Å². The van der Waals surface area contributed by atoms with Gasteiger partial charge in [0.25, 0.3) is 10.0 Å². The summed E-state index contributed by atoms with van der Waals surface area (Å²) >= 11 is 17.3. The first-order valence-electron chi connectivity index (χ1n) is 5.12. The summed E-state index contributed by atoms with van der Waals surface area (Å²) in [5.74, 6) is 0. The molecule has 0 heterocycles. The maximum Gasteiger partial charge on any atom is 0.261 e. The lowest BCUT2D eigenvalue weighted by Crippen LogP contribution is -2.12. The number of hydrogen-bond donors (Lipinski definition) is 1. The van der Waals surface area contributed by atoms with E-state index in [9.17, 15) is 8.42 Å². The highest BCUT2D eigenvalue weighted by Gasteiger charge is 2.15. The van der Waals surface area contributed by atoms with Crippen LogP contribution < -0.4 is 4.72 Å². The van der Waals surface area contributed by atoms with Crippen LogP contribution in [0.1, 0.15) is 0 Å². The third kappa shape index (κ3) is 3.54. The zero-order valence-electron chi connectivity index (χ0n) is 9.40. The summed E-state index contributed by atoms with van der Waals surface area (Å²) in [7, 11) is -3.70. The van der Waals surface area contributed by atoms with Gasteiger partial charge in [-0.2, -0.15) is 0 Å². The molecule has 0 radical (unpaired) electrons. The van der Waals surface area contributed by atoms with E-state index in [-0.39, 0.29) is 9.92 Å². The van der Waals surface area contributed by atoms with Gasteiger partial charge in [-0.1, -0.05) is 34.8 Å². The van der Waals surface area contributed by atoms with Gasteiger partial charge in [0, 0.05) is 10.7 Å². The van der Waals surface area contributed by atoms with Crippen LogP contribution in [-0.4, -0.2) is 8.42 Å². The van der Waals surface area contributed by atoms with Gasteiger partial charge in [0.05, 0.1) is 14.9 Å². The molecule has 2 aromatic rings. The van der Waals surface area contributed by atoms with Gasteiger partial charge < -0.3 is 0 Å². The number of benzene rings is 2. The van der Waals surface area contributed by atoms with Crippen LogP contribution in [0.4, 0.5) is 5.69 Å². The molecule has 2 aromatic carbocycles. The van der Waals surface area contributed by atoms with Crippen LogP contribution in [0.25, 0.3) is 0 Å². The van der Waals surface area contributed by atoms with Gasteiger partial charge >= 0.3 is 0 Å². The smallest absolute Gasteiger partial charge is 0.261 e. The van der Waals surface area contributed by atoms with Crippen LogP contribution in [-0.2, 0) is 10.0 Å². The standard InChI is InChI=1S/C12H8Cl3NO2S/c13-8-1-3-9(4-2-8)16-19(17,18)10-5-6-11(14)12(15)7-10/h1-7,16H. The Hall–Kier alpha value is -0.940. The van der Waals surface area contributed by atoms with Crippen molar-refractivity contribution in [1.82, 2.24) is 0 Å². The minimum Gasteiger partial charge on any atom is -0.280 e. The van der Waals surface area contributed by atoms with E-state index in [4.69, 9.17) is 34.8 Å². The van der Waals surface area contributed by atoms with Crippen molar-refractivity contribution in [3.8, 4) is 0 Å². The summed E-state index contributed by atoms with van der Waals surface area (Å²) in [6.45, 7) is 0. The molecular weight excluding hydrogens is 329 g/mol. The average Bonchev–Trinajstić information content (AvgIpc) is 2.35. The Morgan fingerprint density at radius 2 is 1.47 bits per heavy atom. The van der Waals surface area contributed by atoms with Crippen LogP contribution in [0.3, 0.4) is 0 Å². The SMILES string of the molecule is O=S(=O)(Nc1ccc(Cl)cc1)c1ccc(Cl)c(Cl)c1. The fraction of sp³-hybridized carbons (Fsp3) is 0. The van der Waals surface area contributed by atoms with E-state index < -0.39 is 10.0 Å². The summed E-state index contributed by atoms with van der Waals surface area (Å²) in [5.41, 5.74) is 0.412. The number of nitrogens with one attached hydrogen (secondary N) is 1. The van der Waals surface area contributed by atoms with E-state index in [0.29, 0.717) is 15.7 Å². The number of hydrogen-bond acceptors (Lipinski definition) is 2. The molecule has 0 atom stereocenters. The first-order valence-corrected chi connectivity index (χ1v) is 7.73. The second-order valence-electron chi connectivity index (χ2n) is 3.69. The van der Waals surface area contributed by atoms with Crippen LogP contribution in [0.2, 0.25) is 15.1 Å². The Bertz CT molecular complexity index is 699. The van der Waals surface area contributed by atoms with Crippen molar-refractivity contribution in [3.63, 3.8) is 0 Å². The molecule has 0 saturated heterocycles. The maximum atomic E-state index is 12.1. The van der Waals surface area contributed by atoms with Crippen LogP contribution >= 0.6 is 34.8 Å². The average molecular weight is 337 g/mol. The zero-order chi connectivity index (χ0) is 14.0. The topological polar surface area (TPSA) is 46.2 Å². The molecule has 100 valence electrons. The van der Waals surface area contributed by atoms with Gasteiger partial charge in [-0.05, 0) is 42.5 Å². The molecule has 2 rings (SSSR count). The highest BCUT2D eigenvalue weighted by atomic mass is 35.5. The van der Waals surface area contributed by atoms with Crippen LogP contribution in [0.15, 0.2) is 47.4 Å². The van der Waals surface area contributed by atoms with Crippen molar-refractivity contribution in [2.45, 2.75) is 4.90 Å². The fourth-order valence-electron chi connectivity index (χ4n) is 1.38. The lowest BCUT2D eigenvalue weighted by Gasteiger charge is -2.08. The monoisotopic (exact) mass is 335 g/mol. The highest BCUT2D eigenvalue weighted by molar-refractivity contribution is 7.92. The minimum absolute atomic E-state index is 0.0388. The van der Waals surface area contributed by atoms with Gasteiger partial charge in [0.1, 0.15) is 0 Å². The first-order chi connectivity index (χ1) is 8.88. The summed E-state index contributed by atoms with van der Waals surface area (Å²) in [5, 5.41) is 1.00. The van der Waals surface area contributed by atoms with Crippen molar-refractivity contribution in [1.29, 1.82) is 0 Å². The van der Waals surface area contributed by atoms with Gasteiger partial charge in [-0.15, -0.1) is 0 Å². The van der Waals surface area contributed by atoms with Gasteiger partial charge in [-0.3, -0.25) is 4.72 Å². The normalized spacial score (nSPS) is 11.3. The molecule has 19 heavy (non-hydrogen) atoms. The van der Waals surface area contributed by atoms with Gasteiger partial charge in [0.15, 0.2) is 0 Å². The summed E-state index contributed by atoms with van der Waals surface area (Å²) in [4.78, 5) is 0.0388. The molecule has 3 nitrogen and oxygen atoms in total. The molecule has 0 bridgehead atoms. The molecule has 1 N–H and O–H groups in total. The number of halogens is 3. The Balaban J connectivity index is 2.32. The molecule has 0 saturated carbocycles. The summed E-state index contributed by atoms with van der Waals surface area (Å²) < 4.78 is 26.6. The molecule has 0 unspecified atom stereocenters. The lowest BCUT2D eigenvalue weighted by atomic mass is 10.3. The number of sulfonamides is 1. The summed E-state index contributed by atoms with van der Waals surface area (Å²) in [6.07, 6.45) is 0. The number of anilines is 1. The quantitative estimate of drug-likeness (QED) is 0.900. The third-order valence-corrected chi connectivity index (χ3v) is 4.67. The van der Waals surface area contributed by atoms with Gasteiger partial charge in [-0.25, -0.2) is 8.42 Å². The Morgan fingerprint density at radius 1 is 0.842 bits per heavy atom. The molecule has 0 aliphatic rings. The van der Waals surface area contributed by atoms with Crippen molar-refractivity contribution >= 4 is 50.5 Å². The van der Waals surface area contributed by atoms with E-state index in [0.717, 1.165) is 0 Å². The van der Waals surface area contributed by atoms with Crippen LogP contribution in [0.5, 0.6) is 0 Å². The predicted octanol–water partition coefficient (Wildman–Crippen LogP) is 4.45. The predicted molar refractivity (Wildman–Crippen MR) is 78.7 cm³/mol. The highest BCUT2D eigenvalue weighted by Crippen LogP contribution is 2.26. The Morgan fingerprint density at radius 3 is 2.05 bits per heavy atom. The fourth-order valence-corrected chi connectivity index (χ4v) is 2.95. The van der Waals surface area contributed by atoms with E-state index in [1.165, 1.54) is 18.2 Å². The molecule has 0 spiro atoms. The molecule has 7 heteroatoms. The largest absolute Gasteiger partial charge is 0.280 e. The van der Waals surface area contributed by atoms with E-state index in [2.05, 4.69) is 4.72 Å².